The summed E-state index contributed by atoms with van der Waals surface area (Å²) in [7, 11) is 2.18. The van der Waals surface area contributed by atoms with E-state index >= 15 is 0 Å². The van der Waals surface area contributed by atoms with Gasteiger partial charge in [-0.25, -0.2) is 0 Å². The van der Waals surface area contributed by atoms with Crippen molar-refractivity contribution in [3.8, 4) is 0 Å². The van der Waals surface area contributed by atoms with E-state index in [0.29, 0.717) is 12.0 Å². The van der Waals surface area contributed by atoms with E-state index in [-0.39, 0.29) is 0 Å². The van der Waals surface area contributed by atoms with Gasteiger partial charge < -0.3 is 10.8 Å². The number of aliphatic hydroxyl groups is 1. The average molecular weight is 260 g/mol. The molecule has 0 amide bonds. The fourth-order valence-electron chi connectivity index (χ4n) is 3.28. The Morgan fingerprint density at radius 3 is 2.84 bits per heavy atom. The second-order valence-corrected chi connectivity index (χ2v) is 6.44. The molecule has 1 aromatic carbocycles. The van der Waals surface area contributed by atoms with E-state index in [4.69, 9.17) is 5.73 Å². The Hall–Kier alpha value is -0.900. The highest BCUT2D eigenvalue weighted by atomic mass is 16.3. The minimum atomic E-state index is -0.403. The molecule has 2 aliphatic rings. The Kier molecular flexibility index (Phi) is 3.37. The van der Waals surface area contributed by atoms with Crippen molar-refractivity contribution in [3.05, 3.63) is 35.4 Å². The number of benzene rings is 1. The van der Waals surface area contributed by atoms with Crippen molar-refractivity contribution >= 4 is 0 Å². The number of nitrogens with two attached hydrogens (primary N) is 1. The number of nitrogens with zero attached hydrogens (tertiary/aromatic N) is 1. The summed E-state index contributed by atoms with van der Waals surface area (Å²) in [5.41, 5.74) is 8.04. The lowest BCUT2D eigenvalue weighted by Crippen LogP contribution is -2.20. The Labute approximate surface area is 115 Å². The van der Waals surface area contributed by atoms with Gasteiger partial charge in [0.1, 0.15) is 0 Å². The fourth-order valence-corrected chi connectivity index (χ4v) is 3.28. The van der Waals surface area contributed by atoms with Gasteiger partial charge in [-0.1, -0.05) is 24.3 Å². The number of likely N-dealkylation sites (tertiary alicyclic amines) is 1. The molecule has 3 nitrogen and oxygen atoms in total. The zero-order valence-corrected chi connectivity index (χ0v) is 11.7. The highest BCUT2D eigenvalue weighted by molar-refractivity contribution is 5.29. The third-order valence-electron chi connectivity index (χ3n) is 4.66. The predicted octanol–water partition coefficient (Wildman–Crippen LogP) is 1.71. The van der Waals surface area contributed by atoms with E-state index < -0.39 is 5.60 Å². The van der Waals surface area contributed by atoms with E-state index in [1.807, 2.05) is 0 Å². The van der Waals surface area contributed by atoms with E-state index in [0.717, 1.165) is 38.8 Å². The molecule has 2 unspecified atom stereocenters. The zero-order valence-electron chi connectivity index (χ0n) is 11.7. The van der Waals surface area contributed by atoms with Gasteiger partial charge in [0.2, 0.25) is 0 Å². The van der Waals surface area contributed by atoms with Crippen LogP contribution in [0, 0.1) is 5.92 Å². The molecule has 1 saturated heterocycles. The lowest BCUT2D eigenvalue weighted by molar-refractivity contribution is 0.151. The second-order valence-electron chi connectivity index (χ2n) is 6.44. The summed E-state index contributed by atoms with van der Waals surface area (Å²) in [6, 6.07) is 9.23. The molecule has 1 aromatic rings. The van der Waals surface area contributed by atoms with Gasteiger partial charge in [0.15, 0.2) is 0 Å². The second kappa shape index (κ2) is 4.89. The van der Waals surface area contributed by atoms with Crippen molar-refractivity contribution in [2.24, 2.45) is 11.7 Å². The molecular formula is C16H24N2O. The van der Waals surface area contributed by atoms with Gasteiger partial charge >= 0.3 is 0 Å². The van der Waals surface area contributed by atoms with E-state index in [1.165, 1.54) is 11.1 Å². The number of hydrogen-bond acceptors (Lipinski definition) is 3. The van der Waals surface area contributed by atoms with Gasteiger partial charge in [-0.15, -0.1) is 0 Å². The third-order valence-corrected chi connectivity index (χ3v) is 4.66. The fraction of sp³-hybridized carbons (Fsp3) is 0.625. The van der Waals surface area contributed by atoms with Gasteiger partial charge in [0.25, 0.3) is 0 Å². The summed E-state index contributed by atoms with van der Waals surface area (Å²) in [5.74, 6) is 0.617. The molecule has 2 fully saturated rings. The molecule has 1 saturated carbocycles. The van der Waals surface area contributed by atoms with Crippen LogP contribution < -0.4 is 5.73 Å². The molecule has 0 aromatic heterocycles. The van der Waals surface area contributed by atoms with Crippen molar-refractivity contribution in [3.63, 3.8) is 0 Å². The van der Waals surface area contributed by atoms with E-state index in [9.17, 15) is 5.11 Å². The van der Waals surface area contributed by atoms with Crippen molar-refractivity contribution in [2.75, 3.05) is 20.1 Å². The van der Waals surface area contributed by atoms with Crippen LogP contribution in [0.15, 0.2) is 24.3 Å². The SMILES string of the molecule is CN1CC(CN)CC1c1cccc(CC2(O)CC2)c1. The summed E-state index contributed by atoms with van der Waals surface area (Å²) < 4.78 is 0. The zero-order chi connectivity index (χ0) is 13.5. The molecule has 19 heavy (non-hydrogen) atoms. The molecule has 1 aliphatic carbocycles. The van der Waals surface area contributed by atoms with Crippen LogP contribution in [0.2, 0.25) is 0 Å². The van der Waals surface area contributed by atoms with Gasteiger partial charge in [-0.3, -0.25) is 4.90 Å². The Morgan fingerprint density at radius 1 is 1.42 bits per heavy atom. The highest BCUT2D eigenvalue weighted by Crippen LogP contribution is 2.39. The van der Waals surface area contributed by atoms with Crippen LogP contribution in [-0.4, -0.2) is 35.7 Å². The molecule has 104 valence electrons. The summed E-state index contributed by atoms with van der Waals surface area (Å²) >= 11 is 0. The predicted molar refractivity (Wildman–Crippen MR) is 76.9 cm³/mol. The average Bonchev–Trinajstić information content (AvgIpc) is 2.99. The first-order valence-electron chi connectivity index (χ1n) is 7.31. The number of hydrogen-bond donors (Lipinski definition) is 2. The Balaban J connectivity index is 1.75. The molecule has 0 radical (unpaired) electrons. The van der Waals surface area contributed by atoms with Crippen LogP contribution in [0.1, 0.15) is 36.4 Å². The lowest BCUT2D eigenvalue weighted by Gasteiger charge is -2.20. The maximum Gasteiger partial charge on any atom is 0.0690 e. The topological polar surface area (TPSA) is 49.5 Å². The molecule has 2 atom stereocenters. The van der Waals surface area contributed by atoms with Gasteiger partial charge in [0.05, 0.1) is 5.60 Å². The minimum Gasteiger partial charge on any atom is -0.390 e. The van der Waals surface area contributed by atoms with Gasteiger partial charge in [0, 0.05) is 19.0 Å². The summed E-state index contributed by atoms with van der Waals surface area (Å²) in [6.07, 6.45) is 3.87. The van der Waals surface area contributed by atoms with Crippen LogP contribution in [0.4, 0.5) is 0 Å². The summed E-state index contributed by atoms with van der Waals surface area (Å²) in [5, 5.41) is 10.0. The maximum absolute atomic E-state index is 10.0. The summed E-state index contributed by atoms with van der Waals surface area (Å²) in [4.78, 5) is 2.41. The third kappa shape index (κ3) is 2.83. The van der Waals surface area contributed by atoms with Crippen molar-refractivity contribution in [2.45, 2.75) is 37.3 Å². The van der Waals surface area contributed by atoms with Crippen LogP contribution in [0.5, 0.6) is 0 Å². The molecule has 0 bridgehead atoms. The molecule has 1 aliphatic heterocycles. The lowest BCUT2D eigenvalue weighted by atomic mass is 9.96. The molecule has 3 N–H and O–H groups in total. The maximum atomic E-state index is 10.0. The highest BCUT2D eigenvalue weighted by Gasteiger charge is 2.40. The first-order valence-corrected chi connectivity index (χ1v) is 7.31. The molecule has 1 heterocycles. The van der Waals surface area contributed by atoms with Crippen LogP contribution in [0.25, 0.3) is 0 Å². The first kappa shape index (κ1) is 13.1. The largest absolute Gasteiger partial charge is 0.390 e. The van der Waals surface area contributed by atoms with Crippen LogP contribution in [-0.2, 0) is 6.42 Å². The molecule has 0 spiro atoms. The Bertz CT molecular complexity index is 456. The quantitative estimate of drug-likeness (QED) is 0.866. The molecule has 3 rings (SSSR count). The standard InChI is InChI=1S/C16H24N2O/c1-18-11-13(10-17)8-15(18)14-4-2-3-12(7-14)9-16(19)5-6-16/h2-4,7,13,15,19H,5-6,8-11,17H2,1H3. The van der Waals surface area contributed by atoms with Gasteiger partial charge in [-0.05, 0) is 49.9 Å². The van der Waals surface area contributed by atoms with Crippen molar-refractivity contribution in [1.29, 1.82) is 0 Å². The number of rotatable bonds is 4. The van der Waals surface area contributed by atoms with E-state index in [2.05, 4.69) is 36.2 Å². The van der Waals surface area contributed by atoms with Crippen molar-refractivity contribution in [1.82, 2.24) is 4.90 Å². The Morgan fingerprint density at radius 2 is 2.21 bits per heavy atom. The van der Waals surface area contributed by atoms with Gasteiger partial charge in [-0.2, -0.15) is 0 Å². The summed E-state index contributed by atoms with van der Waals surface area (Å²) in [6.45, 7) is 1.87. The van der Waals surface area contributed by atoms with Crippen molar-refractivity contribution < 1.29 is 5.11 Å². The smallest absolute Gasteiger partial charge is 0.0690 e. The first-order chi connectivity index (χ1) is 9.09. The molecular weight excluding hydrogens is 236 g/mol. The normalized spacial score (nSPS) is 29.6. The minimum absolute atomic E-state index is 0.403. The van der Waals surface area contributed by atoms with E-state index in [1.54, 1.807) is 0 Å². The molecule has 3 heteroatoms. The monoisotopic (exact) mass is 260 g/mol. The van der Waals surface area contributed by atoms with Crippen LogP contribution in [0.3, 0.4) is 0 Å². The van der Waals surface area contributed by atoms with Crippen LogP contribution >= 0.6 is 0 Å².